The summed E-state index contributed by atoms with van der Waals surface area (Å²) >= 11 is 0. The maximum Gasteiger partial charge on any atom is 0.328 e. The van der Waals surface area contributed by atoms with Crippen LogP contribution in [0.1, 0.15) is 21.7 Å². The number of hydrogen-bond donors (Lipinski definition) is 2. The highest BCUT2D eigenvalue weighted by Crippen LogP contribution is 2.07. The molecular formula is C12H10N4O3. The summed E-state index contributed by atoms with van der Waals surface area (Å²) in [6, 6.07) is 1.57. The summed E-state index contributed by atoms with van der Waals surface area (Å²) in [6.45, 7) is 1.39. The Morgan fingerprint density at radius 2 is 2.37 bits per heavy atom. The first-order valence-corrected chi connectivity index (χ1v) is 5.35. The van der Waals surface area contributed by atoms with Gasteiger partial charge in [0.2, 0.25) is 0 Å². The topological polar surface area (TPSA) is 101 Å². The Kier molecular flexibility index (Phi) is 3.85. The first-order valence-electron chi connectivity index (χ1n) is 5.35. The SMILES string of the molecule is Cc1noc(NC(=O)c2cncc(C#CCO)c2)n1. The van der Waals surface area contributed by atoms with Gasteiger partial charge in [0.25, 0.3) is 5.91 Å². The van der Waals surface area contributed by atoms with E-state index in [4.69, 9.17) is 9.63 Å². The zero-order chi connectivity index (χ0) is 13.7. The van der Waals surface area contributed by atoms with Gasteiger partial charge in [-0.15, -0.1) is 0 Å². The number of carbonyl (C=O) groups excluding carboxylic acids is 1. The zero-order valence-electron chi connectivity index (χ0n) is 10.0. The first kappa shape index (κ1) is 12.7. The molecule has 0 aliphatic rings. The number of aromatic nitrogens is 3. The van der Waals surface area contributed by atoms with Crippen molar-refractivity contribution in [1.82, 2.24) is 15.1 Å². The second-order valence-corrected chi connectivity index (χ2v) is 3.52. The van der Waals surface area contributed by atoms with Crippen LogP contribution in [0.15, 0.2) is 23.0 Å². The predicted octanol–water partition coefficient (Wildman–Crippen LogP) is 0.369. The fourth-order valence-electron chi connectivity index (χ4n) is 1.29. The molecule has 2 rings (SSSR count). The minimum absolute atomic E-state index is 0.0225. The molecule has 0 bridgehead atoms. The number of rotatable bonds is 2. The molecule has 0 radical (unpaired) electrons. The van der Waals surface area contributed by atoms with Crippen molar-refractivity contribution in [3.8, 4) is 11.8 Å². The Balaban J connectivity index is 2.15. The van der Waals surface area contributed by atoms with Crippen LogP contribution in [0.4, 0.5) is 6.01 Å². The molecule has 19 heavy (non-hydrogen) atoms. The number of nitrogens with zero attached hydrogens (tertiary/aromatic N) is 3. The number of hydrogen-bond acceptors (Lipinski definition) is 6. The molecule has 0 saturated heterocycles. The smallest absolute Gasteiger partial charge is 0.328 e. The van der Waals surface area contributed by atoms with Gasteiger partial charge in [-0.25, -0.2) is 0 Å². The van der Waals surface area contributed by atoms with Crippen LogP contribution in [-0.4, -0.2) is 32.7 Å². The lowest BCUT2D eigenvalue weighted by Gasteiger charge is -2.00. The largest absolute Gasteiger partial charge is 0.384 e. The highest BCUT2D eigenvalue weighted by molar-refractivity contribution is 6.03. The average molecular weight is 258 g/mol. The summed E-state index contributed by atoms with van der Waals surface area (Å²) in [5.74, 6) is 5.14. The van der Waals surface area contributed by atoms with Crippen LogP contribution in [0.2, 0.25) is 0 Å². The predicted molar refractivity (Wildman–Crippen MR) is 65.2 cm³/mol. The number of amides is 1. The lowest BCUT2D eigenvalue weighted by molar-refractivity contribution is 0.102. The summed E-state index contributed by atoms with van der Waals surface area (Å²) in [7, 11) is 0. The maximum absolute atomic E-state index is 11.9. The Hall–Kier alpha value is -2.72. The van der Waals surface area contributed by atoms with Crippen molar-refractivity contribution in [3.05, 3.63) is 35.4 Å². The number of nitrogens with one attached hydrogen (secondary N) is 1. The Morgan fingerprint density at radius 3 is 3.05 bits per heavy atom. The molecule has 0 aliphatic heterocycles. The molecule has 0 unspecified atom stereocenters. The lowest BCUT2D eigenvalue weighted by Crippen LogP contribution is -2.12. The van der Waals surface area contributed by atoms with Crippen LogP contribution < -0.4 is 5.32 Å². The summed E-state index contributed by atoms with van der Waals surface area (Å²) < 4.78 is 4.78. The molecule has 2 aromatic rings. The summed E-state index contributed by atoms with van der Waals surface area (Å²) in [5, 5.41) is 14.6. The zero-order valence-corrected chi connectivity index (χ0v) is 10.0. The summed E-state index contributed by atoms with van der Waals surface area (Å²) in [6.07, 6.45) is 2.89. The fraction of sp³-hybridized carbons (Fsp3) is 0.167. The van der Waals surface area contributed by atoms with Crippen LogP contribution in [0.3, 0.4) is 0 Å². The minimum Gasteiger partial charge on any atom is -0.384 e. The normalized spacial score (nSPS) is 9.58. The van der Waals surface area contributed by atoms with Gasteiger partial charge in [-0.05, 0) is 13.0 Å². The second kappa shape index (κ2) is 5.75. The molecule has 2 heterocycles. The molecule has 0 aliphatic carbocycles. The molecule has 96 valence electrons. The van der Waals surface area contributed by atoms with Gasteiger partial charge < -0.3 is 9.63 Å². The average Bonchev–Trinajstić information content (AvgIpc) is 2.82. The number of aryl methyl sites for hydroxylation is 1. The molecule has 2 N–H and O–H groups in total. The Labute approximate surface area is 108 Å². The minimum atomic E-state index is -0.427. The fourth-order valence-corrected chi connectivity index (χ4v) is 1.29. The van der Waals surface area contributed by atoms with E-state index < -0.39 is 5.91 Å². The van der Waals surface area contributed by atoms with E-state index in [0.29, 0.717) is 17.0 Å². The molecule has 0 saturated carbocycles. The monoisotopic (exact) mass is 258 g/mol. The van der Waals surface area contributed by atoms with E-state index in [1.807, 2.05) is 0 Å². The van der Waals surface area contributed by atoms with Gasteiger partial charge in [0.1, 0.15) is 6.61 Å². The molecule has 7 heteroatoms. The number of carbonyl (C=O) groups is 1. The highest BCUT2D eigenvalue weighted by Gasteiger charge is 2.10. The van der Waals surface area contributed by atoms with Crippen LogP contribution in [0.5, 0.6) is 0 Å². The summed E-state index contributed by atoms with van der Waals surface area (Å²) in [4.78, 5) is 19.6. The van der Waals surface area contributed by atoms with Crippen LogP contribution >= 0.6 is 0 Å². The highest BCUT2D eigenvalue weighted by atomic mass is 16.5. The molecular weight excluding hydrogens is 248 g/mol. The van der Waals surface area contributed by atoms with Gasteiger partial charge in [-0.3, -0.25) is 15.1 Å². The third kappa shape index (κ3) is 3.37. The number of aliphatic hydroxyl groups excluding tert-OH is 1. The number of pyridine rings is 1. The van der Waals surface area contributed by atoms with Crippen molar-refractivity contribution in [1.29, 1.82) is 0 Å². The van der Waals surface area contributed by atoms with E-state index in [0.717, 1.165) is 0 Å². The first-order chi connectivity index (χ1) is 9.19. The number of aliphatic hydroxyl groups is 1. The van der Waals surface area contributed by atoms with Gasteiger partial charge in [0.05, 0.1) is 5.56 Å². The van der Waals surface area contributed by atoms with E-state index in [-0.39, 0.29) is 12.6 Å². The molecule has 0 fully saturated rings. The van der Waals surface area contributed by atoms with E-state index in [2.05, 4.69) is 32.3 Å². The summed E-state index contributed by atoms with van der Waals surface area (Å²) in [5.41, 5.74) is 0.837. The molecule has 1 amide bonds. The Bertz CT molecular complexity index is 654. The van der Waals surface area contributed by atoms with Crippen molar-refractivity contribution < 1.29 is 14.4 Å². The Morgan fingerprint density at radius 1 is 1.53 bits per heavy atom. The molecule has 2 aromatic heterocycles. The second-order valence-electron chi connectivity index (χ2n) is 3.52. The van der Waals surface area contributed by atoms with Crippen LogP contribution in [-0.2, 0) is 0 Å². The molecule has 0 aromatic carbocycles. The molecule has 0 spiro atoms. The van der Waals surface area contributed by atoms with E-state index in [1.54, 1.807) is 13.0 Å². The third-order valence-electron chi connectivity index (χ3n) is 2.06. The van der Waals surface area contributed by atoms with Gasteiger partial charge in [0.15, 0.2) is 5.82 Å². The number of anilines is 1. The van der Waals surface area contributed by atoms with Gasteiger partial charge in [-0.1, -0.05) is 17.0 Å². The quantitative estimate of drug-likeness (QED) is 0.755. The maximum atomic E-state index is 11.9. The van der Waals surface area contributed by atoms with E-state index in [9.17, 15) is 4.79 Å². The molecule has 0 atom stereocenters. The lowest BCUT2D eigenvalue weighted by atomic mass is 10.2. The van der Waals surface area contributed by atoms with E-state index >= 15 is 0 Å². The van der Waals surface area contributed by atoms with Crippen LogP contribution in [0.25, 0.3) is 0 Å². The van der Waals surface area contributed by atoms with Crippen molar-refractivity contribution in [2.45, 2.75) is 6.92 Å². The standard InChI is InChI=1S/C12H10N4O3/c1-8-14-12(19-16-8)15-11(18)10-5-9(3-2-4-17)6-13-7-10/h5-7,17H,4H2,1H3,(H,14,15,16,18). The van der Waals surface area contributed by atoms with E-state index in [1.165, 1.54) is 12.4 Å². The van der Waals surface area contributed by atoms with Gasteiger partial charge in [-0.2, -0.15) is 4.98 Å². The third-order valence-corrected chi connectivity index (χ3v) is 2.06. The molecule has 7 nitrogen and oxygen atoms in total. The van der Waals surface area contributed by atoms with Crippen molar-refractivity contribution in [3.63, 3.8) is 0 Å². The van der Waals surface area contributed by atoms with Crippen molar-refractivity contribution >= 4 is 11.9 Å². The van der Waals surface area contributed by atoms with Crippen LogP contribution in [0, 0.1) is 18.8 Å². The van der Waals surface area contributed by atoms with Crippen molar-refractivity contribution in [2.75, 3.05) is 11.9 Å². The van der Waals surface area contributed by atoms with Gasteiger partial charge >= 0.3 is 6.01 Å². The van der Waals surface area contributed by atoms with Gasteiger partial charge in [0, 0.05) is 18.0 Å². The van der Waals surface area contributed by atoms with Crippen molar-refractivity contribution in [2.24, 2.45) is 0 Å².